The Labute approximate surface area is 142 Å². The predicted octanol–water partition coefficient (Wildman–Crippen LogP) is 4.04. The quantitative estimate of drug-likeness (QED) is 0.624. The maximum Gasteiger partial charge on any atom is 0.309 e. The van der Waals surface area contributed by atoms with E-state index in [2.05, 4.69) is 0 Å². The van der Waals surface area contributed by atoms with Crippen molar-refractivity contribution in [3.8, 4) is 11.5 Å². The number of carbonyl (C=O) groups is 2. The number of esters is 1. The SMILES string of the molecule is CCOC(=O)[C@@H](C)CC(=O)c1cc2c(Cl)c(O)c(OC)cc2s1. The first-order valence-electron chi connectivity index (χ1n) is 7.07. The van der Waals surface area contributed by atoms with Gasteiger partial charge in [-0.15, -0.1) is 11.3 Å². The van der Waals surface area contributed by atoms with Crippen LogP contribution in [0.2, 0.25) is 5.02 Å². The number of methoxy groups -OCH3 is 1. The van der Waals surface area contributed by atoms with Crippen molar-refractivity contribution in [3.05, 3.63) is 22.0 Å². The molecule has 0 radical (unpaired) electrons. The molecule has 0 fully saturated rings. The lowest BCUT2D eigenvalue weighted by Gasteiger charge is -2.08. The van der Waals surface area contributed by atoms with E-state index in [9.17, 15) is 14.7 Å². The summed E-state index contributed by atoms with van der Waals surface area (Å²) in [5, 5.41) is 10.7. The number of phenols is 1. The number of aromatic hydroxyl groups is 1. The molecule has 23 heavy (non-hydrogen) atoms. The zero-order valence-corrected chi connectivity index (χ0v) is 14.6. The van der Waals surface area contributed by atoms with Crippen LogP contribution in [0.3, 0.4) is 0 Å². The van der Waals surface area contributed by atoms with Crippen molar-refractivity contribution in [1.29, 1.82) is 0 Å². The van der Waals surface area contributed by atoms with Crippen molar-refractivity contribution in [2.45, 2.75) is 20.3 Å². The van der Waals surface area contributed by atoms with Gasteiger partial charge in [0.05, 0.1) is 29.5 Å². The zero-order valence-electron chi connectivity index (χ0n) is 13.0. The molecule has 1 atom stereocenters. The molecule has 1 aromatic carbocycles. The van der Waals surface area contributed by atoms with Crippen LogP contribution < -0.4 is 4.74 Å². The summed E-state index contributed by atoms with van der Waals surface area (Å²) in [4.78, 5) is 24.4. The second-order valence-electron chi connectivity index (χ2n) is 5.04. The van der Waals surface area contributed by atoms with Gasteiger partial charge in [0.2, 0.25) is 0 Å². The lowest BCUT2D eigenvalue weighted by atomic mass is 10.0. The lowest BCUT2D eigenvalue weighted by Crippen LogP contribution is -2.17. The Balaban J connectivity index is 2.28. The van der Waals surface area contributed by atoms with E-state index in [1.807, 2.05) is 0 Å². The third kappa shape index (κ3) is 3.59. The second kappa shape index (κ2) is 7.19. The van der Waals surface area contributed by atoms with Gasteiger partial charge in [-0.1, -0.05) is 18.5 Å². The van der Waals surface area contributed by atoms with E-state index in [4.69, 9.17) is 21.1 Å². The summed E-state index contributed by atoms with van der Waals surface area (Å²) in [6, 6.07) is 3.26. The standard InChI is InChI=1S/C16H17ClO5S/c1-4-22-16(20)8(2)5-10(18)13-6-9-12(23-13)7-11(21-3)15(19)14(9)17/h6-8,19H,4-5H2,1-3H3/t8-/m0/s1. The van der Waals surface area contributed by atoms with Crippen molar-refractivity contribution in [3.63, 3.8) is 0 Å². The number of halogens is 1. The highest BCUT2D eigenvalue weighted by Crippen LogP contribution is 2.43. The van der Waals surface area contributed by atoms with E-state index in [0.717, 1.165) is 4.70 Å². The van der Waals surface area contributed by atoms with Crippen LogP contribution in [0.15, 0.2) is 12.1 Å². The number of hydrogen-bond donors (Lipinski definition) is 1. The van der Waals surface area contributed by atoms with Crippen LogP contribution in [0.1, 0.15) is 29.9 Å². The minimum Gasteiger partial charge on any atom is -0.503 e. The molecule has 0 aliphatic heterocycles. The summed E-state index contributed by atoms with van der Waals surface area (Å²) in [6.45, 7) is 3.67. The molecule has 0 aliphatic rings. The van der Waals surface area contributed by atoms with Crippen molar-refractivity contribution in [2.24, 2.45) is 5.92 Å². The minimum absolute atomic E-state index is 0.0619. The van der Waals surface area contributed by atoms with E-state index in [1.165, 1.54) is 18.4 Å². The Bertz CT molecular complexity index is 752. The molecule has 0 spiro atoms. The van der Waals surface area contributed by atoms with Gasteiger partial charge in [0.15, 0.2) is 17.3 Å². The van der Waals surface area contributed by atoms with E-state index in [0.29, 0.717) is 10.3 Å². The largest absolute Gasteiger partial charge is 0.503 e. The first-order chi connectivity index (χ1) is 10.9. The van der Waals surface area contributed by atoms with Gasteiger partial charge in [0.25, 0.3) is 0 Å². The fourth-order valence-corrected chi connectivity index (χ4v) is 3.50. The number of fused-ring (bicyclic) bond motifs is 1. The number of carbonyl (C=O) groups excluding carboxylic acids is 2. The van der Waals surface area contributed by atoms with Crippen LogP contribution in [0, 0.1) is 5.92 Å². The fraction of sp³-hybridized carbons (Fsp3) is 0.375. The summed E-state index contributed by atoms with van der Waals surface area (Å²) in [5.74, 6) is -0.965. The monoisotopic (exact) mass is 356 g/mol. The summed E-state index contributed by atoms with van der Waals surface area (Å²) < 4.78 is 10.7. The van der Waals surface area contributed by atoms with E-state index in [1.54, 1.807) is 26.0 Å². The molecule has 0 amide bonds. The highest BCUT2D eigenvalue weighted by Gasteiger charge is 2.22. The van der Waals surface area contributed by atoms with Gasteiger partial charge in [0, 0.05) is 22.6 Å². The van der Waals surface area contributed by atoms with Gasteiger partial charge in [-0.25, -0.2) is 0 Å². The molecule has 0 saturated heterocycles. The Kier molecular flexibility index (Phi) is 5.49. The molecule has 1 N–H and O–H groups in total. The Hall–Kier alpha value is -1.79. The second-order valence-corrected chi connectivity index (χ2v) is 6.51. The van der Waals surface area contributed by atoms with E-state index in [-0.39, 0.29) is 41.3 Å². The molecular formula is C16H17ClO5S. The minimum atomic E-state index is -0.508. The Morgan fingerprint density at radius 2 is 2.09 bits per heavy atom. The average molecular weight is 357 g/mol. The molecular weight excluding hydrogens is 340 g/mol. The van der Waals surface area contributed by atoms with Crippen LogP contribution in [0.4, 0.5) is 0 Å². The lowest BCUT2D eigenvalue weighted by molar-refractivity contribution is -0.147. The molecule has 124 valence electrons. The molecule has 1 aromatic heterocycles. The number of thiophene rings is 1. The van der Waals surface area contributed by atoms with Gasteiger partial charge in [0.1, 0.15) is 0 Å². The number of ketones is 1. The molecule has 0 unspecified atom stereocenters. The van der Waals surface area contributed by atoms with Crippen LogP contribution in [0.5, 0.6) is 11.5 Å². The normalized spacial score (nSPS) is 12.2. The molecule has 2 aromatic rings. The van der Waals surface area contributed by atoms with Crippen molar-refractivity contribution >= 4 is 44.8 Å². The number of Topliss-reactive ketones (excluding diaryl/α,β-unsaturated/α-hetero) is 1. The van der Waals surface area contributed by atoms with Gasteiger partial charge < -0.3 is 14.6 Å². The van der Waals surface area contributed by atoms with Crippen LogP contribution >= 0.6 is 22.9 Å². The third-order valence-electron chi connectivity index (χ3n) is 3.38. The Morgan fingerprint density at radius 3 is 2.70 bits per heavy atom. The van der Waals surface area contributed by atoms with Crippen LogP contribution in [-0.4, -0.2) is 30.6 Å². The average Bonchev–Trinajstić information content (AvgIpc) is 2.95. The van der Waals surface area contributed by atoms with Gasteiger partial charge in [-0.3, -0.25) is 9.59 Å². The molecule has 5 nitrogen and oxygen atoms in total. The highest BCUT2D eigenvalue weighted by atomic mass is 35.5. The van der Waals surface area contributed by atoms with Gasteiger partial charge in [-0.2, -0.15) is 0 Å². The molecule has 0 bridgehead atoms. The van der Waals surface area contributed by atoms with Crippen LogP contribution in [-0.2, 0) is 9.53 Å². The van der Waals surface area contributed by atoms with E-state index >= 15 is 0 Å². The predicted molar refractivity (Wildman–Crippen MR) is 89.8 cm³/mol. The third-order valence-corrected chi connectivity index (χ3v) is 4.88. The maximum atomic E-state index is 12.3. The fourth-order valence-electron chi connectivity index (χ4n) is 2.15. The zero-order chi connectivity index (χ0) is 17.1. The molecule has 0 aliphatic carbocycles. The van der Waals surface area contributed by atoms with Crippen molar-refractivity contribution in [1.82, 2.24) is 0 Å². The number of rotatable bonds is 6. The first kappa shape index (κ1) is 17.6. The van der Waals surface area contributed by atoms with Gasteiger partial charge >= 0.3 is 5.97 Å². The van der Waals surface area contributed by atoms with E-state index < -0.39 is 5.92 Å². The Morgan fingerprint density at radius 1 is 1.39 bits per heavy atom. The van der Waals surface area contributed by atoms with Gasteiger partial charge in [-0.05, 0) is 13.0 Å². The smallest absolute Gasteiger partial charge is 0.309 e. The topological polar surface area (TPSA) is 72.8 Å². The first-order valence-corrected chi connectivity index (χ1v) is 8.27. The highest BCUT2D eigenvalue weighted by molar-refractivity contribution is 7.21. The summed E-state index contributed by atoms with van der Waals surface area (Å²) in [5.41, 5.74) is 0. The molecule has 1 heterocycles. The van der Waals surface area contributed by atoms with Crippen LogP contribution in [0.25, 0.3) is 10.1 Å². The van der Waals surface area contributed by atoms with Crippen molar-refractivity contribution in [2.75, 3.05) is 13.7 Å². The summed E-state index contributed by atoms with van der Waals surface area (Å²) >= 11 is 7.36. The molecule has 2 rings (SSSR count). The summed E-state index contributed by atoms with van der Waals surface area (Å²) in [7, 11) is 1.43. The number of ether oxygens (including phenoxy) is 2. The number of phenolic OH excluding ortho intramolecular Hbond substituents is 1. The number of benzene rings is 1. The molecule has 7 heteroatoms. The molecule has 0 saturated carbocycles. The summed E-state index contributed by atoms with van der Waals surface area (Å²) in [6.07, 6.45) is 0.0619. The maximum absolute atomic E-state index is 12.3. The van der Waals surface area contributed by atoms with Crippen molar-refractivity contribution < 1.29 is 24.2 Å². The number of hydrogen-bond acceptors (Lipinski definition) is 6.